The van der Waals surface area contributed by atoms with Crippen LogP contribution in [0.15, 0.2) is 28.7 Å². The maximum Gasteiger partial charge on any atom is 0.0340 e. The molecule has 0 spiro atoms. The Morgan fingerprint density at radius 2 is 2.00 bits per heavy atom. The van der Waals surface area contributed by atoms with Crippen molar-refractivity contribution in [3.8, 4) is 0 Å². The molecule has 17 heavy (non-hydrogen) atoms. The van der Waals surface area contributed by atoms with Crippen molar-refractivity contribution in [1.29, 1.82) is 0 Å². The third-order valence-corrected chi connectivity index (χ3v) is 3.76. The predicted molar refractivity (Wildman–Crippen MR) is 78.3 cm³/mol. The van der Waals surface area contributed by atoms with Gasteiger partial charge in [0.15, 0.2) is 0 Å². The van der Waals surface area contributed by atoms with E-state index < -0.39 is 0 Å². The third kappa shape index (κ3) is 4.78. The van der Waals surface area contributed by atoms with Gasteiger partial charge in [0, 0.05) is 10.5 Å². The summed E-state index contributed by atoms with van der Waals surface area (Å²) >= 11 is 3.62. The molecule has 0 saturated heterocycles. The van der Waals surface area contributed by atoms with Gasteiger partial charge in [-0.15, -0.1) is 0 Å². The zero-order chi connectivity index (χ0) is 12.7. The maximum absolute atomic E-state index is 3.62. The predicted octanol–water partition coefficient (Wildman–Crippen LogP) is 3.44. The van der Waals surface area contributed by atoms with Crippen LogP contribution in [0.2, 0.25) is 0 Å². The normalized spacial score (nSPS) is 13.0. The molecule has 1 unspecified atom stereocenters. The van der Waals surface area contributed by atoms with Crippen LogP contribution in [-0.2, 0) is 0 Å². The van der Waals surface area contributed by atoms with E-state index in [-0.39, 0.29) is 0 Å². The molecule has 0 bridgehead atoms. The second-order valence-electron chi connectivity index (χ2n) is 4.45. The van der Waals surface area contributed by atoms with Gasteiger partial charge in [-0.25, -0.2) is 0 Å². The van der Waals surface area contributed by atoms with Crippen LogP contribution in [0.5, 0.6) is 0 Å². The van der Waals surface area contributed by atoms with Crippen LogP contribution >= 0.6 is 15.9 Å². The molecule has 1 aromatic rings. The van der Waals surface area contributed by atoms with Crippen molar-refractivity contribution < 1.29 is 0 Å². The minimum absolute atomic E-state index is 0.421. The van der Waals surface area contributed by atoms with E-state index in [0.717, 1.165) is 13.0 Å². The summed E-state index contributed by atoms with van der Waals surface area (Å²) in [6.45, 7) is 4.52. The van der Waals surface area contributed by atoms with Crippen molar-refractivity contribution in [1.82, 2.24) is 10.2 Å². The molecule has 0 heterocycles. The topological polar surface area (TPSA) is 15.3 Å². The minimum atomic E-state index is 0.421. The highest BCUT2D eigenvalue weighted by Crippen LogP contribution is 2.25. The first-order valence-corrected chi connectivity index (χ1v) is 7.08. The Morgan fingerprint density at radius 1 is 1.29 bits per heavy atom. The monoisotopic (exact) mass is 298 g/mol. The number of rotatable bonds is 7. The minimum Gasteiger partial charge on any atom is -0.313 e. The molecule has 0 aliphatic heterocycles. The molecule has 0 aliphatic carbocycles. The summed E-state index contributed by atoms with van der Waals surface area (Å²) in [5.41, 5.74) is 1.35. The van der Waals surface area contributed by atoms with E-state index in [1.165, 1.54) is 23.0 Å². The van der Waals surface area contributed by atoms with Crippen molar-refractivity contribution in [2.45, 2.75) is 25.8 Å². The van der Waals surface area contributed by atoms with E-state index in [1.54, 1.807) is 0 Å². The highest BCUT2D eigenvalue weighted by Gasteiger charge is 2.12. The number of hydrogen-bond acceptors (Lipinski definition) is 2. The summed E-state index contributed by atoms with van der Waals surface area (Å²) in [4.78, 5) is 2.39. The summed E-state index contributed by atoms with van der Waals surface area (Å²) in [5.74, 6) is 0. The Hall–Kier alpha value is -0.380. The molecule has 0 saturated carbocycles. The summed E-state index contributed by atoms with van der Waals surface area (Å²) < 4.78 is 1.19. The lowest BCUT2D eigenvalue weighted by atomic mass is 10.0. The Kier molecular flexibility index (Phi) is 6.78. The molecule has 1 N–H and O–H groups in total. The number of halogens is 1. The lowest BCUT2D eigenvalue weighted by molar-refractivity contribution is 0.311. The van der Waals surface area contributed by atoms with Gasteiger partial charge in [-0.2, -0.15) is 0 Å². The van der Waals surface area contributed by atoms with Gasteiger partial charge in [-0.3, -0.25) is 0 Å². The van der Waals surface area contributed by atoms with Gasteiger partial charge in [0.25, 0.3) is 0 Å². The van der Waals surface area contributed by atoms with Crippen LogP contribution in [0.4, 0.5) is 0 Å². The molecule has 1 aromatic carbocycles. The fraction of sp³-hybridized carbons (Fsp3) is 0.571. The van der Waals surface area contributed by atoms with Crippen LogP contribution in [0.3, 0.4) is 0 Å². The average molecular weight is 299 g/mol. The molecule has 0 amide bonds. The molecular weight excluding hydrogens is 276 g/mol. The first-order valence-electron chi connectivity index (χ1n) is 6.29. The zero-order valence-electron chi connectivity index (χ0n) is 11.0. The summed E-state index contributed by atoms with van der Waals surface area (Å²) in [5, 5.41) is 3.40. The van der Waals surface area contributed by atoms with Crippen molar-refractivity contribution in [3.05, 3.63) is 34.3 Å². The summed E-state index contributed by atoms with van der Waals surface area (Å²) in [6.07, 6.45) is 2.35. The molecular formula is C14H23BrN2. The Morgan fingerprint density at radius 3 is 2.59 bits per heavy atom. The van der Waals surface area contributed by atoms with Crippen LogP contribution in [0, 0.1) is 0 Å². The van der Waals surface area contributed by atoms with Gasteiger partial charge in [0.2, 0.25) is 0 Å². The number of nitrogens with one attached hydrogen (secondary N) is 1. The standard InChI is InChI=1S/C14H23BrN2/c1-4-10-17(3)11-9-14(16-2)12-7-5-6-8-13(12)15/h5-8,14,16H,4,9-11H2,1-3H3. The molecule has 2 nitrogen and oxygen atoms in total. The van der Waals surface area contributed by atoms with Gasteiger partial charge in [-0.05, 0) is 51.7 Å². The van der Waals surface area contributed by atoms with E-state index >= 15 is 0 Å². The van der Waals surface area contributed by atoms with E-state index in [1.807, 2.05) is 7.05 Å². The van der Waals surface area contributed by atoms with Gasteiger partial charge in [-0.1, -0.05) is 41.1 Å². The van der Waals surface area contributed by atoms with Gasteiger partial charge < -0.3 is 10.2 Å². The Bertz CT molecular complexity index is 328. The summed E-state index contributed by atoms with van der Waals surface area (Å²) in [7, 11) is 4.22. The highest BCUT2D eigenvalue weighted by atomic mass is 79.9. The molecule has 0 aromatic heterocycles. The average Bonchev–Trinajstić information content (AvgIpc) is 2.32. The lowest BCUT2D eigenvalue weighted by Gasteiger charge is -2.22. The zero-order valence-corrected chi connectivity index (χ0v) is 12.6. The quantitative estimate of drug-likeness (QED) is 0.829. The molecule has 96 valence electrons. The molecule has 3 heteroatoms. The number of nitrogens with zero attached hydrogens (tertiary/aromatic N) is 1. The molecule has 1 atom stereocenters. The van der Waals surface area contributed by atoms with Crippen LogP contribution in [-0.4, -0.2) is 32.1 Å². The number of hydrogen-bond donors (Lipinski definition) is 1. The fourth-order valence-electron chi connectivity index (χ4n) is 2.06. The number of benzene rings is 1. The molecule has 0 fully saturated rings. The van der Waals surface area contributed by atoms with E-state index in [4.69, 9.17) is 0 Å². The van der Waals surface area contributed by atoms with Crippen molar-refractivity contribution >= 4 is 15.9 Å². The van der Waals surface area contributed by atoms with Crippen LogP contribution < -0.4 is 5.32 Å². The van der Waals surface area contributed by atoms with E-state index in [9.17, 15) is 0 Å². The van der Waals surface area contributed by atoms with Crippen LogP contribution in [0.25, 0.3) is 0 Å². The lowest BCUT2D eigenvalue weighted by Crippen LogP contribution is -2.26. The van der Waals surface area contributed by atoms with E-state index in [0.29, 0.717) is 6.04 Å². The smallest absolute Gasteiger partial charge is 0.0340 e. The Balaban J connectivity index is 2.57. The van der Waals surface area contributed by atoms with Crippen molar-refractivity contribution in [2.75, 3.05) is 27.2 Å². The second-order valence-corrected chi connectivity index (χ2v) is 5.31. The van der Waals surface area contributed by atoms with E-state index in [2.05, 4.69) is 64.4 Å². The van der Waals surface area contributed by atoms with Gasteiger partial charge in [0.1, 0.15) is 0 Å². The van der Waals surface area contributed by atoms with Gasteiger partial charge >= 0.3 is 0 Å². The second kappa shape index (κ2) is 7.85. The maximum atomic E-state index is 3.62. The SMILES string of the molecule is CCCN(C)CCC(NC)c1ccccc1Br. The first-order chi connectivity index (χ1) is 8.19. The third-order valence-electron chi connectivity index (χ3n) is 3.03. The molecule has 0 aliphatic rings. The fourth-order valence-corrected chi connectivity index (χ4v) is 2.62. The van der Waals surface area contributed by atoms with Crippen molar-refractivity contribution in [3.63, 3.8) is 0 Å². The van der Waals surface area contributed by atoms with Gasteiger partial charge in [0.05, 0.1) is 0 Å². The Labute approximate surface area is 114 Å². The first kappa shape index (κ1) is 14.7. The highest BCUT2D eigenvalue weighted by molar-refractivity contribution is 9.10. The summed E-state index contributed by atoms with van der Waals surface area (Å²) in [6, 6.07) is 8.87. The van der Waals surface area contributed by atoms with Crippen LogP contribution in [0.1, 0.15) is 31.4 Å². The molecule has 0 radical (unpaired) electrons. The van der Waals surface area contributed by atoms with Crippen molar-refractivity contribution in [2.24, 2.45) is 0 Å². The molecule has 1 rings (SSSR count). The largest absolute Gasteiger partial charge is 0.313 e.